The van der Waals surface area contributed by atoms with Gasteiger partial charge in [-0.15, -0.1) is 0 Å². The van der Waals surface area contributed by atoms with Crippen molar-refractivity contribution in [3.8, 4) is 0 Å². The highest BCUT2D eigenvalue weighted by atomic mass is 35.5. The van der Waals surface area contributed by atoms with Crippen LogP contribution in [0.15, 0.2) is 24.3 Å². The number of hydrogen-bond donors (Lipinski definition) is 1. The average molecular weight is 267 g/mol. The Labute approximate surface area is 111 Å². The molecule has 1 N–H and O–H groups in total. The molecular formula is C13H15ClN2O2. The van der Waals surface area contributed by atoms with Gasteiger partial charge >= 0.3 is 0 Å². The summed E-state index contributed by atoms with van der Waals surface area (Å²) < 4.78 is 0. The lowest BCUT2D eigenvalue weighted by atomic mass is 10.1. The van der Waals surface area contributed by atoms with Gasteiger partial charge in [0, 0.05) is 25.0 Å². The molecule has 0 saturated carbocycles. The average Bonchev–Trinajstić information content (AvgIpc) is 2.57. The molecule has 96 valence electrons. The normalized spacial score (nSPS) is 19.1. The number of hydrogen-bond acceptors (Lipinski definition) is 2. The van der Waals surface area contributed by atoms with Crippen LogP contribution < -0.4 is 5.32 Å². The van der Waals surface area contributed by atoms with Gasteiger partial charge in [-0.3, -0.25) is 9.59 Å². The highest BCUT2D eigenvalue weighted by Gasteiger charge is 2.27. The predicted octanol–water partition coefficient (Wildman–Crippen LogP) is 1.23. The lowest BCUT2D eigenvalue weighted by molar-refractivity contribution is -0.126. The van der Waals surface area contributed by atoms with E-state index in [9.17, 15) is 9.59 Å². The van der Waals surface area contributed by atoms with Crippen LogP contribution in [-0.2, 0) is 16.0 Å². The van der Waals surface area contributed by atoms with Gasteiger partial charge in [-0.1, -0.05) is 23.7 Å². The number of carbonyl (C=O) groups excluding carboxylic acids is 2. The number of nitrogens with zero attached hydrogens (tertiary/aromatic N) is 1. The van der Waals surface area contributed by atoms with Gasteiger partial charge in [-0.25, -0.2) is 0 Å². The predicted molar refractivity (Wildman–Crippen MR) is 69.3 cm³/mol. The minimum atomic E-state index is -0.0784. The number of likely N-dealkylation sites (tertiary alicyclic amines) is 1. The third kappa shape index (κ3) is 3.23. The number of rotatable bonds is 3. The number of nitrogens with one attached hydrogen (secondary N) is 1. The fourth-order valence-electron chi connectivity index (χ4n) is 2.07. The summed E-state index contributed by atoms with van der Waals surface area (Å²) >= 11 is 5.85. The van der Waals surface area contributed by atoms with E-state index in [1.165, 1.54) is 0 Å². The molecule has 0 aliphatic carbocycles. The van der Waals surface area contributed by atoms with Crippen LogP contribution in [0, 0.1) is 0 Å². The summed E-state index contributed by atoms with van der Waals surface area (Å²) in [7, 11) is 1.74. The van der Waals surface area contributed by atoms with Crippen LogP contribution in [0.25, 0.3) is 0 Å². The first-order chi connectivity index (χ1) is 8.54. The number of carbonyl (C=O) groups is 2. The Morgan fingerprint density at radius 2 is 2.33 bits per heavy atom. The van der Waals surface area contributed by atoms with Crippen molar-refractivity contribution in [1.82, 2.24) is 10.2 Å². The molecule has 0 bridgehead atoms. The molecule has 1 saturated heterocycles. The van der Waals surface area contributed by atoms with Crippen LogP contribution in [0.1, 0.15) is 12.0 Å². The Morgan fingerprint density at radius 3 is 2.94 bits per heavy atom. The van der Waals surface area contributed by atoms with Gasteiger partial charge in [0.05, 0.1) is 12.5 Å². The van der Waals surface area contributed by atoms with Gasteiger partial charge in [-0.2, -0.15) is 0 Å². The minimum absolute atomic E-state index is 0.0723. The molecule has 1 aromatic carbocycles. The maximum absolute atomic E-state index is 11.8. The zero-order valence-corrected chi connectivity index (χ0v) is 10.9. The largest absolute Gasteiger partial charge is 0.351 e. The monoisotopic (exact) mass is 266 g/mol. The summed E-state index contributed by atoms with van der Waals surface area (Å²) in [6.07, 6.45) is 0.673. The van der Waals surface area contributed by atoms with Crippen molar-refractivity contribution in [2.45, 2.75) is 18.9 Å². The number of amides is 2. The summed E-state index contributed by atoms with van der Waals surface area (Å²) in [6.45, 7) is 0.583. The number of benzene rings is 1. The second-order valence-corrected chi connectivity index (χ2v) is 4.99. The Bertz CT molecular complexity index is 476. The summed E-state index contributed by atoms with van der Waals surface area (Å²) in [6, 6.07) is 7.14. The van der Waals surface area contributed by atoms with E-state index in [1.54, 1.807) is 24.1 Å². The van der Waals surface area contributed by atoms with Crippen molar-refractivity contribution in [2.75, 3.05) is 13.6 Å². The van der Waals surface area contributed by atoms with E-state index in [-0.39, 0.29) is 24.3 Å². The lowest BCUT2D eigenvalue weighted by Crippen LogP contribution is -2.37. The van der Waals surface area contributed by atoms with E-state index in [2.05, 4.69) is 5.32 Å². The summed E-state index contributed by atoms with van der Waals surface area (Å²) in [5.41, 5.74) is 0.873. The molecule has 1 heterocycles. The summed E-state index contributed by atoms with van der Waals surface area (Å²) in [5.74, 6) is -0.00609. The maximum Gasteiger partial charge on any atom is 0.224 e. The highest BCUT2D eigenvalue weighted by Crippen LogP contribution is 2.12. The minimum Gasteiger partial charge on any atom is -0.351 e. The van der Waals surface area contributed by atoms with Gasteiger partial charge in [-0.05, 0) is 17.7 Å². The van der Waals surface area contributed by atoms with Gasteiger partial charge < -0.3 is 10.2 Å². The van der Waals surface area contributed by atoms with E-state index in [4.69, 9.17) is 11.6 Å². The van der Waals surface area contributed by atoms with Crippen molar-refractivity contribution in [2.24, 2.45) is 0 Å². The molecule has 1 atom stereocenters. The second-order valence-electron chi connectivity index (χ2n) is 4.55. The summed E-state index contributed by atoms with van der Waals surface area (Å²) in [5, 5.41) is 3.48. The molecule has 0 radical (unpaired) electrons. The standard InChI is InChI=1S/C13H15ClN2O2/c1-16-8-11(7-13(16)18)15-12(17)6-9-3-2-4-10(14)5-9/h2-5,11H,6-8H2,1H3,(H,15,17). The Kier molecular flexibility index (Phi) is 3.87. The first-order valence-electron chi connectivity index (χ1n) is 5.82. The lowest BCUT2D eigenvalue weighted by Gasteiger charge is -2.12. The molecule has 2 rings (SSSR count). The van der Waals surface area contributed by atoms with Crippen LogP contribution in [-0.4, -0.2) is 36.3 Å². The molecule has 2 amide bonds. The number of halogens is 1. The van der Waals surface area contributed by atoms with E-state index >= 15 is 0 Å². The first-order valence-corrected chi connectivity index (χ1v) is 6.20. The SMILES string of the molecule is CN1CC(NC(=O)Cc2cccc(Cl)c2)CC1=O. The third-order valence-corrected chi connectivity index (χ3v) is 3.19. The third-order valence-electron chi connectivity index (χ3n) is 2.96. The van der Waals surface area contributed by atoms with Crippen molar-refractivity contribution in [3.05, 3.63) is 34.9 Å². The molecule has 0 aromatic heterocycles. The van der Waals surface area contributed by atoms with Crippen LogP contribution in [0.4, 0.5) is 0 Å². The van der Waals surface area contributed by atoms with Gasteiger partial charge in [0.25, 0.3) is 0 Å². The van der Waals surface area contributed by atoms with E-state index in [1.807, 2.05) is 12.1 Å². The van der Waals surface area contributed by atoms with Crippen LogP contribution in [0.2, 0.25) is 5.02 Å². The molecule has 5 heteroatoms. The second kappa shape index (κ2) is 5.40. The molecular weight excluding hydrogens is 252 g/mol. The van der Waals surface area contributed by atoms with E-state index in [0.717, 1.165) is 5.56 Å². The van der Waals surface area contributed by atoms with Crippen molar-refractivity contribution in [1.29, 1.82) is 0 Å². The molecule has 1 fully saturated rings. The van der Waals surface area contributed by atoms with E-state index in [0.29, 0.717) is 18.0 Å². The molecule has 18 heavy (non-hydrogen) atoms. The zero-order chi connectivity index (χ0) is 13.1. The molecule has 1 aliphatic rings. The zero-order valence-electron chi connectivity index (χ0n) is 10.1. The molecule has 4 nitrogen and oxygen atoms in total. The van der Waals surface area contributed by atoms with Crippen LogP contribution in [0.5, 0.6) is 0 Å². The molecule has 1 aliphatic heterocycles. The summed E-state index contributed by atoms with van der Waals surface area (Å²) in [4.78, 5) is 24.8. The van der Waals surface area contributed by atoms with Gasteiger partial charge in [0.15, 0.2) is 0 Å². The maximum atomic E-state index is 11.8. The Balaban J connectivity index is 1.88. The number of likely N-dealkylation sites (N-methyl/N-ethyl adjacent to an activating group) is 1. The molecule has 1 unspecified atom stereocenters. The van der Waals surface area contributed by atoms with Gasteiger partial charge in [0.2, 0.25) is 11.8 Å². The smallest absolute Gasteiger partial charge is 0.224 e. The fourth-order valence-corrected chi connectivity index (χ4v) is 2.28. The van der Waals surface area contributed by atoms with Crippen molar-refractivity contribution < 1.29 is 9.59 Å². The topological polar surface area (TPSA) is 49.4 Å². The molecule has 0 spiro atoms. The van der Waals surface area contributed by atoms with Crippen molar-refractivity contribution >= 4 is 23.4 Å². The Hall–Kier alpha value is -1.55. The van der Waals surface area contributed by atoms with Crippen LogP contribution in [0.3, 0.4) is 0 Å². The quantitative estimate of drug-likeness (QED) is 0.895. The van der Waals surface area contributed by atoms with Crippen molar-refractivity contribution in [3.63, 3.8) is 0 Å². The van der Waals surface area contributed by atoms with Gasteiger partial charge in [0.1, 0.15) is 0 Å². The molecule has 1 aromatic rings. The van der Waals surface area contributed by atoms with E-state index < -0.39 is 0 Å². The fraction of sp³-hybridized carbons (Fsp3) is 0.385. The van der Waals surface area contributed by atoms with Crippen LogP contribution >= 0.6 is 11.6 Å². The first kappa shape index (κ1) is 12.9. The highest BCUT2D eigenvalue weighted by molar-refractivity contribution is 6.30. The Morgan fingerprint density at radius 1 is 1.56 bits per heavy atom.